The fourth-order valence-corrected chi connectivity index (χ4v) is 5.21. The largest absolute Gasteiger partial charge is 0.355 e. The average Bonchev–Trinajstić information content (AvgIpc) is 2.86. The summed E-state index contributed by atoms with van der Waals surface area (Å²) in [6.45, 7) is 5.04. The van der Waals surface area contributed by atoms with Crippen LogP contribution < -0.4 is 5.32 Å². The Kier molecular flexibility index (Phi) is 5.61. The molecule has 0 saturated carbocycles. The van der Waals surface area contributed by atoms with Crippen LogP contribution in [0, 0.1) is 0 Å². The van der Waals surface area contributed by atoms with Crippen LogP contribution in [-0.4, -0.2) is 62.8 Å². The van der Waals surface area contributed by atoms with Crippen LogP contribution in [0.25, 0.3) is 0 Å². The molecule has 9 heteroatoms. The van der Waals surface area contributed by atoms with E-state index in [-0.39, 0.29) is 5.91 Å². The second kappa shape index (κ2) is 7.06. The SMILES string of the molecule is CC(=O)NCCN1CCN(S(=O)(=O)c2ccc(Cl)s2)CC1. The summed E-state index contributed by atoms with van der Waals surface area (Å²) in [5.41, 5.74) is 0. The van der Waals surface area contributed by atoms with Crippen molar-refractivity contribution < 1.29 is 13.2 Å². The van der Waals surface area contributed by atoms with Gasteiger partial charge in [0.1, 0.15) is 4.21 Å². The van der Waals surface area contributed by atoms with Crippen LogP contribution in [0.4, 0.5) is 0 Å². The van der Waals surface area contributed by atoms with Gasteiger partial charge in [-0.3, -0.25) is 9.69 Å². The maximum Gasteiger partial charge on any atom is 0.252 e. The predicted molar refractivity (Wildman–Crippen MR) is 83.2 cm³/mol. The molecule has 2 rings (SSSR count). The standard InChI is InChI=1S/C12H18ClN3O3S2/c1-10(17)14-4-5-15-6-8-16(9-7-15)21(18,19)12-3-2-11(13)20-12/h2-3H,4-9H2,1H3,(H,14,17). The Morgan fingerprint density at radius 2 is 2.00 bits per heavy atom. The highest BCUT2D eigenvalue weighted by atomic mass is 35.5. The number of rotatable bonds is 5. The number of carbonyl (C=O) groups excluding carboxylic acids is 1. The molecule has 1 aromatic heterocycles. The van der Waals surface area contributed by atoms with Crippen molar-refractivity contribution in [2.24, 2.45) is 0 Å². The summed E-state index contributed by atoms with van der Waals surface area (Å²) < 4.78 is 27.1. The first-order valence-corrected chi connectivity index (χ1v) is 9.25. The number of carbonyl (C=O) groups is 1. The normalized spacial score (nSPS) is 17.8. The van der Waals surface area contributed by atoms with Gasteiger partial charge in [0.2, 0.25) is 5.91 Å². The molecular formula is C12H18ClN3O3S2. The first kappa shape index (κ1) is 16.7. The number of piperazine rings is 1. The molecule has 1 aliphatic heterocycles. The summed E-state index contributed by atoms with van der Waals surface area (Å²) in [6, 6.07) is 3.15. The quantitative estimate of drug-likeness (QED) is 0.853. The van der Waals surface area contributed by atoms with E-state index in [0.29, 0.717) is 41.3 Å². The molecule has 0 unspecified atom stereocenters. The van der Waals surface area contributed by atoms with Crippen LogP contribution in [0.5, 0.6) is 0 Å². The van der Waals surface area contributed by atoms with Crippen LogP contribution in [0.3, 0.4) is 0 Å². The zero-order chi connectivity index (χ0) is 15.5. The van der Waals surface area contributed by atoms with E-state index >= 15 is 0 Å². The lowest BCUT2D eigenvalue weighted by Gasteiger charge is -2.33. The lowest BCUT2D eigenvalue weighted by molar-refractivity contribution is -0.119. The molecule has 0 aliphatic carbocycles. The maximum absolute atomic E-state index is 12.4. The Morgan fingerprint density at radius 3 is 2.52 bits per heavy atom. The second-order valence-corrected chi connectivity index (χ2v) is 8.67. The van der Waals surface area contributed by atoms with Crippen molar-refractivity contribution in [2.75, 3.05) is 39.3 Å². The van der Waals surface area contributed by atoms with Crippen molar-refractivity contribution in [3.05, 3.63) is 16.5 Å². The molecule has 0 aromatic carbocycles. The molecule has 1 saturated heterocycles. The number of nitrogens with zero attached hydrogens (tertiary/aromatic N) is 2. The minimum Gasteiger partial charge on any atom is -0.355 e. The topological polar surface area (TPSA) is 69.7 Å². The number of halogens is 1. The summed E-state index contributed by atoms with van der Waals surface area (Å²) in [7, 11) is -3.43. The molecular weight excluding hydrogens is 334 g/mol. The van der Waals surface area contributed by atoms with Crippen molar-refractivity contribution in [1.82, 2.24) is 14.5 Å². The summed E-state index contributed by atoms with van der Waals surface area (Å²) in [5, 5.41) is 2.74. The zero-order valence-corrected chi connectivity index (χ0v) is 14.1. The number of sulfonamides is 1. The molecule has 0 radical (unpaired) electrons. The van der Waals surface area contributed by atoms with Crippen LogP contribution in [-0.2, 0) is 14.8 Å². The molecule has 0 bridgehead atoms. The monoisotopic (exact) mass is 351 g/mol. The van der Waals surface area contributed by atoms with Crippen LogP contribution >= 0.6 is 22.9 Å². The number of amides is 1. The molecule has 2 heterocycles. The fraction of sp³-hybridized carbons (Fsp3) is 0.583. The van der Waals surface area contributed by atoms with E-state index in [1.165, 1.54) is 11.2 Å². The number of nitrogens with one attached hydrogen (secondary N) is 1. The van der Waals surface area contributed by atoms with E-state index in [1.807, 2.05) is 0 Å². The summed E-state index contributed by atoms with van der Waals surface area (Å²) in [4.78, 5) is 12.9. The third-order valence-corrected chi connectivity index (χ3v) is 6.87. The van der Waals surface area contributed by atoms with Gasteiger partial charge < -0.3 is 5.32 Å². The van der Waals surface area contributed by atoms with Crippen LogP contribution in [0.2, 0.25) is 4.34 Å². The van der Waals surface area contributed by atoms with Gasteiger partial charge in [-0.05, 0) is 12.1 Å². The van der Waals surface area contributed by atoms with Gasteiger partial charge in [-0.15, -0.1) is 11.3 Å². The predicted octanol–water partition coefficient (Wildman–Crippen LogP) is 0.844. The molecule has 1 aromatic rings. The molecule has 118 valence electrons. The smallest absolute Gasteiger partial charge is 0.252 e. The first-order valence-electron chi connectivity index (χ1n) is 6.62. The van der Waals surface area contributed by atoms with Crippen LogP contribution in [0.15, 0.2) is 16.3 Å². The molecule has 1 fully saturated rings. The van der Waals surface area contributed by atoms with Gasteiger partial charge in [-0.25, -0.2) is 8.42 Å². The molecule has 1 amide bonds. The van der Waals surface area contributed by atoms with Crippen molar-refractivity contribution in [2.45, 2.75) is 11.1 Å². The third-order valence-electron chi connectivity index (χ3n) is 3.28. The highest BCUT2D eigenvalue weighted by molar-refractivity contribution is 7.91. The highest BCUT2D eigenvalue weighted by Crippen LogP contribution is 2.28. The molecule has 1 N–H and O–H groups in total. The van der Waals surface area contributed by atoms with Crippen molar-refractivity contribution >= 4 is 38.9 Å². The molecule has 0 spiro atoms. The molecule has 6 nitrogen and oxygen atoms in total. The van der Waals surface area contributed by atoms with E-state index in [4.69, 9.17) is 11.6 Å². The van der Waals surface area contributed by atoms with Crippen molar-refractivity contribution in [1.29, 1.82) is 0 Å². The second-order valence-electron chi connectivity index (χ2n) is 4.79. The Labute approximate surface area is 133 Å². The lowest BCUT2D eigenvalue weighted by atomic mass is 10.3. The van der Waals surface area contributed by atoms with Gasteiger partial charge in [0.05, 0.1) is 4.34 Å². The third kappa shape index (κ3) is 4.40. The van der Waals surface area contributed by atoms with Gasteiger partial charge >= 0.3 is 0 Å². The van der Waals surface area contributed by atoms with Gasteiger partial charge in [0, 0.05) is 46.2 Å². The Bertz CT molecular complexity index is 595. The molecule has 0 atom stereocenters. The van der Waals surface area contributed by atoms with Gasteiger partial charge in [0.15, 0.2) is 0 Å². The lowest BCUT2D eigenvalue weighted by Crippen LogP contribution is -2.49. The number of hydrogen-bond acceptors (Lipinski definition) is 5. The van der Waals surface area contributed by atoms with Crippen molar-refractivity contribution in [3.63, 3.8) is 0 Å². The van der Waals surface area contributed by atoms with Gasteiger partial charge in [-0.2, -0.15) is 4.31 Å². The van der Waals surface area contributed by atoms with E-state index in [9.17, 15) is 13.2 Å². The minimum absolute atomic E-state index is 0.0502. The zero-order valence-electron chi connectivity index (χ0n) is 11.7. The summed E-state index contributed by atoms with van der Waals surface area (Å²) in [6.07, 6.45) is 0. The maximum atomic E-state index is 12.4. The van der Waals surface area contributed by atoms with Gasteiger partial charge in [-0.1, -0.05) is 11.6 Å². The van der Waals surface area contributed by atoms with Crippen molar-refractivity contribution in [3.8, 4) is 0 Å². The Hall–Kier alpha value is -0.670. The Morgan fingerprint density at radius 1 is 1.33 bits per heavy atom. The highest BCUT2D eigenvalue weighted by Gasteiger charge is 2.29. The van der Waals surface area contributed by atoms with E-state index in [0.717, 1.165) is 17.9 Å². The Balaban J connectivity index is 1.87. The van der Waals surface area contributed by atoms with E-state index < -0.39 is 10.0 Å². The number of thiophene rings is 1. The van der Waals surface area contributed by atoms with E-state index in [2.05, 4.69) is 10.2 Å². The molecule has 21 heavy (non-hydrogen) atoms. The van der Waals surface area contributed by atoms with E-state index in [1.54, 1.807) is 12.1 Å². The number of hydrogen-bond donors (Lipinski definition) is 1. The fourth-order valence-electron chi connectivity index (χ4n) is 2.15. The first-order chi connectivity index (χ1) is 9.89. The molecule has 1 aliphatic rings. The summed E-state index contributed by atoms with van der Waals surface area (Å²) in [5.74, 6) is -0.0502. The van der Waals surface area contributed by atoms with Crippen LogP contribution in [0.1, 0.15) is 6.92 Å². The minimum atomic E-state index is -3.43. The summed E-state index contributed by atoms with van der Waals surface area (Å²) >= 11 is 6.89. The average molecular weight is 352 g/mol. The van der Waals surface area contributed by atoms with Gasteiger partial charge in [0.25, 0.3) is 10.0 Å².